The molecular formula is C13H7FN2O3S. The maximum atomic E-state index is 13.8. The zero-order valence-corrected chi connectivity index (χ0v) is 10.8. The molecule has 0 spiro atoms. The molecule has 0 saturated heterocycles. The summed E-state index contributed by atoms with van der Waals surface area (Å²) in [5.74, 6) is -0.422. The van der Waals surface area contributed by atoms with Crippen molar-refractivity contribution in [3.63, 3.8) is 0 Å². The molecule has 20 heavy (non-hydrogen) atoms. The van der Waals surface area contributed by atoms with Crippen LogP contribution in [0.1, 0.15) is 0 Å². The van der Waals surface area contributed by atoms with Crippen molar-refractivity contribution in [2.45, 2.75) is 0 Å². The van der Waals surface area contributed by atoms with E-state index in [1.807, 2.05) is 6.07 Å². The Bertz CT molecular complexity index is 803. The number of halogens is 1. The highest BCUT2D eigenvalue weighted by atomic mass is 32.1. The van der Waals surface area contributed by atoms with E-state index in [4.69, 9.17) is 4.74 Å². The molecule has 0 atom stereocenters. The summed E-state index contributed by atoms with van der Waals surface area (Å²) in [5, 5.41) is 12.3. The lowest BCUT2D eigenvalue weighted by Crippen LogP contribution is -1.92. The van der Waals surface area contributed by atoms with Gasteiger partial charge in [-0.3, -0.25) is 15.1 Å². The van der Waals surface area contributed by atoms with Gasteiger partial charge in [0.05, 0.1) is 15.7 Å². The number of thiophene rings is 1. The molecule has 0 unspecified atom stereocenters. The van der Waals surface area contributed by atoms with Gasteiger partial charge in [0.2, 0.25) is 0 Å². The fraction of sp³-hybridized carbons (Fsp3) is 0. The Morgan fingerprint density at radius 2 is 2.15 bits per heavy atom. The summed E-state index contributed by atoms with van der Waals surface area (Å²) in [4.78, 5) is 14.1. The van der Waals surface area contributed by atoms with Crippen molar-refractivity contribution in [1.82, 2.24) is 4.98 Å². The first-order chi connectivity index (χ1) is 9.65. The topological polar surface area (TPSA) is 65.3 Å². The molecule has 0 amide bonds. The summed E-state index contributed by atoms with van der Waals surface area (Å²) < 4.78 is 20.1. The third-order valence-corrected chi connectivity index (χ3v) is 3.56. The number of pyridine rings is 1. The van der Waals surface area contributed by atoms with E-state index in [-0.39, 0.29) is 11.4 Å². The number of hydrogen-bond donors (Lipinski definition) is 0. The Balaban J connectivity index is 1.97. The zero-order valence-electron chi connectivity index (χ0n) is 9.95. The third kappa shape index (κ3) is 2.19. The molecule has 0 aliphatic carbocycles. The van der Waals surface area contributed by atoms with Crippen LogP contribution in [0.5, 0.6) is 11.5 Å². The molecule has 0 N–H and O–H groups in total. The van der Waals surface area contributed by atoms with Gasteiger partial charge in [-0.05, 0) is 18.2 Å². The molecule has 1 aromatic carbocycles. The van der Waals surface area contributed by atoms with Crippen LogP contribution in [0.2, 0.25) is 0 Å². The molecule has 0 fully saturated rings. The molecule has 7 heteroatoms. The van der Waals surface area contributed by atoms with Gasteiger partial charge in [-0.1, -0.05) is 0 Å². The van der Waals surface area contributed by atoms with Crippen LogP contribution < -0.4 is 4.74 Å². The van der Waals surface area contributed by atoms with Gasteiger partial charge in [-0.2, -0.15) is 0 Å². The number of hydrogen-bond acceptors (Lipinski definition) is 5. The third-order valence-electron chi connectivity index (χ3n) is 2.64. The summed E-state index contributed by atoms with van der Waals surface area (Å²) in [5.41, 5.74) is 0.318. The Kier molecular flexibility index (Phi) is 3.03. The quantitative estimate of drug-likeness (QED) is 0.537. The summed E-state index contributed by atoms with van der Waals surface area (Å²) in [6.07, 6.45) is 1.62. The molecular weight excluding hydrogens is 283 g/mol. The van der Waals surface area contributed by atoms with Crippen molar-refractivity contribution < 1.29 is 14.1 Å². The highest BCUT2D eigenvalue weighted by Crippen LogP contribution is 2.35. The SMILES string of the molecule is O=[N+]([O-])c1ccc(Oc2csc3cccnc23)c(F)c1. The maximum absolute atomic E-state index is 13.8. The van der Waals surface area contributed by atoms with Crippen molar-refractivity contribution in [2.24, 2.45) is 0 Å². The molecule has 2 heterocycles. The number of aromatic nitrogens is 1. The molecule has 2 aromatic heterocycles. The van der Waals surface area contributed by atoms with Gasteiger partial charge in [0.1, 0.15) is 5.52 Å². The molecule has 5 nitrogen and oxygen atoms in total. The number of nitro groups is 1. The van der Waals surface area contributed by atoms with Crippen molar-refractivity contribution in [3.8, 4) is 11.5 Å². The summed E-state index contributed by atoms with van der Waals surface area (Å²) in [6.45, 7) is 0. The molecule has 100 valence electrons. The minimum Gasteiger partial charge on any atom is -0.451 e. The molecule has 0 bridgehead atoms. The van der Waals surface area contributed by atoms with Crippen LogP contribution in [0, 0.1) is 15.9 Å². The fourth-order valence-electron chi connectivity index (χ4n) is 1.72. The van der Waals surface area contributed by atoms with E-state index in [2.05, 4.69) is 4.98 Å². The average Bonchev–Trinajstić information content (AvgIpc) is 2.84. The predicted octanol–water partition coefficient (Wildman–Crippen LogP) is 4.14. The van der Waals surface area contributed by atoms with Crippen LogP contribution >= 0.6 is 11.3 Å². The van der Waals surface area contributed by atoms with Crippen LogP contribution in [0.3, 0.4) is 0 Å². The number of ether oxygens (including phenoxy) is 1. The van der Waals surface area contributed by atoms with Gasteiger partial charge in [-0.15, -0.1) is 11.3 Å². The first-order valence-corrected chi connectivity index (χ1v) is 6.47. The molecule has 0 saturated carbocycles. The second kappa shape index (κ2) is 4.86. The van der Waals surface area contributed by atoms with Crippen LogP contribution in [-0.2, 0) is 0 Å². The number of rotatable bonds is 3. The fourth-order valence-corrected chi connectivity index (χ4v) is 2.54. The van der Waals surface area contributed by atoms with E-state index in [1.54, 1.807) is 17.6 Å². The van der Waals surface area contributed by atoms with Crippen LogP contribution in [-0.4, -0.2) is 9.91 Å². The standard InChI is InChI=1S/C13H7FN2O3S/c14-9-6-8(16(17)18)3-4-10(9)19-11-7-20-12-2-1-5-15-13(11)12/h1-7H. The van der Waals surface area contributed by atoms with Gasteiger partial charge >= 0.3 is 0 Å². The number of non-ortho nitro benzene ring substituents is 1. The summed E-state index contributed by atoms with van der Waals surface area (Å²) in [6, 6.07) is 6.94. The largest absolute Gasteiger partial charge is 0.451 e. The van der Waals surface area contributed by atoms with E-state index in [0.717, 1.165) is 10.8 Å². The number of benzene rings is 1. The first-order valence-electron chi connectivity index (χ1n) is 5.59. The van der Waals surface area contributed by atoms with Gasteiger partial charge in [0, 0.05) is 17.6 Å². The molecule has 3 aromatic rings. The normalized spacial score (nSPS) is 10.7. The van der Waals surface area contributed by atoms with Gasteiger partial charge in [0.15, 0.2) is 17.3 Å². The number of nitrogens with zero attached hydrogens (tertiary/aromatic N) is 2. The van der Waals surface area contributed by atoms with E-state index in [9.17, 15) is 14.5 Å². The van der Waals surface area contributed by atoms with Crippen molar-refractivity contribution >= 4 is 27.2 Å². The number of fused-ring (bicyclic) bond motifs is 1. The molecule has 0 radical (unpaired) electrons. The summed E-state index contributed by atoms with van der Waals surface area (Å²) >= 11 is 1.43. The molecule has 0 aliphatic heterocycles. The number of nitro benzene ring substituents is 1. The van der Waals surface area contributed by atoms with Crippen molar-refractivity contribution in [2.75, 3.05) is 0 Å². The van der Waals surface area contributed by atoms with E-state index in [0.29, 0.717) is 11.3 Å². The van der Waals surface area contributed by atoms with Crippen molar-refractivity contribution in [3.05, 3.63) is 57.8 Å². The smallest absolute Gasteiger partial charge is 0.272 e. The Morgan fingerprint density at radius 3 is 2.90 bits per heavy atom. The van der Waals surface area contributed by atoms with Crippen molar-refractivity contribution in [1.29, 1.82) is 0 Å². The first kappa shape index (κ1) is 12.5. The lowest BCUT2D eigenvalue weighted by molar-refractivity contribution is -0.385. The van der Waals surface area contributed by atoms with Crippen LogP contribution in [0.4, 0.5) is 10.1 Å². The van der Waals surface area contributed by atoms with E-state index >= 15 is 0 Å². The average molecular weight is 290 g/mol. The minimum atomic E-state index is -0.783. The van der Waals surface area contributed by atoms with Crippen LogP contribution in [0.15, 0.2) is 41.9 Å². The van der Waals surface area contributed by atoms with Gasteiger partial charge in [0.25, 0.3) is 5.69 Å². The minimum absolute atomic E-state index is 0.0686. The monoisotopic (exact) mass is 290 g/mol. The Hall–Kier alpha value is -2.54. The highest BCUT2D eigenvalue weighted by Gasteiger charge is 2.14. The van der Waals surface area contributed by atoms with E-state index < -0.39 is 10.7 Å². The second-order valence-electron chi connectivity index (χ2n) is 3.92. The predicted molar refractivity (Wildman–Crippen MR) is 72.7 cm³/mol. The zero-order chi connectivity index (χ0) is 14.1. The van der Waals surface area contributed by atoms with Crippen LogP contribution in [0.25, 0.3) is 10.2 Å². The van der Waals surface area contributed by atoms with Gasteiger partial charge < -0.3 is 4.74 Å². The maximum Gasteiger partial charge on any atom is 0.272 e. The summed E-state index contributed by atoms with van der Waals surface area (Å²) in [7, 11) is 0. The lowest BCUT2D eigenvalue weighted by atomic mass is 10.3. The molecule has 3 rings (SSSR count). The lowest BCUT2D eigenvalue weighted by Gasteiger charge is -2.04. The Labute approximate surface area is 116 Å². The highest BCUT2D eigenvalue weighted by molar-refractivity contribution is 7.17. The molecule has 0 aliphatic rings. The van der Waals surface area contributed by atoms with E-state index in [1.165, 1.54) is 23.5 Å². The van der Waals surface area contributed by atoms with Gasteiger partial charge in [-0.25, -0.2) is 4.39 Å². The second-order valence-corrected chi connectivity index (χ2v) is 4.84. The Morgan fingerprint density at radius 1 is 1.30 bits per heavy atom.